The number of halogens is 1. The Balaban J connectivity index is 2.27. The molecule has 0 radical (unpaired) electrons. The zero-order valence-electron chi connectivity index (χ0n) is 8.82. The van der Waals surface area contributed by atoms with E-state index in [2.05, 4.69) is 0 Å². The summed E-state index contributed by atoms with van der Waals surface area (Å²) >= 11 is 5.78. The molecule has 0 bridgehead atoms. The average Bonchev–Trinajstić information content (AvgIpc) is 2.16. The minimum atomic E-state index is -0.791. The molecule has 16 heavy (non-hydrogen) atoms. The molecule has 1 aromatic carbocycles. The molecule has 2 rings (SSSR count). The van der Waals surface area contributed by atoms with Crippen molar-refractivity contribution in [1.29, 1.82) is 0 Å². The molecule has 0 aliphatic heterocycles. The van der Waals surface area contributed by atoms with Gasteiger partial charge in [0.05, 0.1) is 5.41 Å². The first-order valence-electron chi connectivity index (χ1n) is 5.31. The summed E-state index contributed by atoms with van der Waals surface area (Å²) in [5.74, 6) is -0.791. The van der Waals surface area contributed by atoms with Crippen molar-refractivity contribution in [3.05, 3.63) is 34.9 Å². The van der Waals surface area contributed by atoms with Gasteiger partial charge in [0, 0.05) is 11.1 Å². The lowest BCUT2D eigenvalue weighted by Gasteiger charge is -2.42. The third kappa shape index (κ3) is 1.70. The van der Waals surface area contributed by atoms with Crippen LogP contribution in [0.4, 0.5) is 0 Å². The first kappa shape index (κ1) is 11.4. The highest BCUT2D eigenvalue weighted by Crippen LogP contribution is 2.49. The lowest BCUT2D eigenvalue weighted by Crippen LogP contribution is -2.46. The molecule has 1 aliphatic carbocycles. The number of carboxylic acid groups (broad SMARTS) is 1. The van der Waals surface area contributed by atoms with E-state index in [4.69, 9.17) is 17.3 Å². The van der Waals surface area contributed by atoms with Crippen molar-refractivity contribution >= 4 is 17.6 Å². The van der Waals surface area contributed by atoms with Crippen LogP contribution >= 0.6 is 11.6 Å². The lowest BCUT2D eigenvalue weighted by atomic mass is 9.62. The zero-order chi connectivity index (χ0) is 11.8. The molecule has 0 amide bonds. The maximum atomic E-state index is 11.3. The fourth-order valence-corrected chi connectivity index (χ4v) is 2.33. The SMILES string of the molecule is NC(c1ccc(Cl)cc1)C1(C(=O)O)CCC1. The van der Waals surface area contributed by atoms with Crippen LogP contribution in [-0.4, -0.2) is 11.1 Å². The van der Waals surface area contributed by atoms with Gasteiger partial charge in [-0.15, -0.1) is 0 Å². The highest BCUT2D eigenvalue weighted by Gasteiger charge is 2.49. The maximum Gasteiger partial charge on any atom is 0.311 e. The van der Waals surface area contributed by atoms with Gasteiger partial charge >= 0.3 is 5.97 Å². The molecule has 86 valence electrons. The van der Waals surface area contributed by atoms with Gasteiger partial charge < -0.3 is 10.8 Å². The summed E-state index contributed by atoms with van der Waals surface area (Å²) in [5.41, 5.74) is 6.13. The zero-order valence-corrected chi connectivity index (χ0v) is 9.57. The van der Waals surface area contributed by atoms with Crippen LogP contribution < -0.4 is 5.73 Å². The van der Waals surface area contributed by atoms with Gasteiger partial charge in [0.25, 0.3) is 0 Å². The van der Waals surface area contributed by atoms with E-state index in [1.165, 1.54) is 0 Å². The molecule has 3 nitrogen and oxygen atoms in total. The number of hydrogen-bond donors (Lipinski definition) is 2. The molecular formula is C12H14ClNO2. The summed E-state index contributed by atoms with van der Waals surface area (Å²) < 4.78 is 0. The van der Waals surface area contributed by atoms with E-state index in [-0.39, 0.29) is 0 Å². The molecule has 1 aliphatic rings. The van der Waals surface area contributed by atoms with Crippen LogP contribution in [0.2, 0.25) is 5.02 Å². The largest absolute Gasteiger partial charge is 0.481 e. The molecule has 4 heteroatoms. The Morgan fingerprint density at radius 3 is 2.31 bits per heavy atom. The van der Waals surface area contributed by atoms with Crippen LogP contribution in [-0.2, 0) is 4.79 Å². The maximum absolute atomic E-state index is 11.3. The number of carbonyl (C=O) groups is 1. The van der Waals surface area contributed by atoms with Crippen LogP contribution in [0.25, 0.3) is 0 Å². The van der Waals surface area contributed by atoms with E-state index in [1.54, 1.807) is 24.3 Å². The second kappa shape index (κ2) is 4.07. The van der Waals surface area contributed by atoms with Crippen molar-refractivity contribution in [1.82, 2.24) is 0 Å². The van der Waals surface area contributed by atoms with E-state index in [9.17, 15) is 9.90 Å². The van der Waals surface area contributed by atoms with E-state index in [0.717, 1.165) is 12.0 Å². The highest BCUT2D eigenvalue weighted by molar-refractivity contribution is 6.30. The second-order valence-corrected chi connectivity index (χ2v) is 4.78. The first-order chi connectivity index (χ1) is 7.56. The van der Waals surface area contributed by atoms with Crippen molar-refractivity contribution in [2.24, 2.45) is 11.1 Å². The fourth-order valence-electron chi connectivity index (χ4n) is 2.20. The Kier molecular flexibility index (Phi) is 2.91. The summed E-state index contributed by atoms with van der Waals surface area (Å²) in [6, 6.07) is 6.64. The van der Waals surface area contributed by atoms with Gasteiger partial charge in [0.1, 0.15) is 0 Å². The monoisotopic (exact) mass is 239 g/mol. The summed E-state index contributed by atoms with van der Waals surface area (Å²) in [6.45, 7) is 0. The molecular weight excluding hydrogens is 226 g/mol. The fraction of sp³-hybridized carbons (Fsp3) is 0.417. The number of carboxylic acids is 1. The van der Waals surface area contributed by atoms with Crippen LogP contribution in [0.1, 0.15) is 30.9 Å². The Hall–Kier alpha value is -1.06. The second-order valence-electron chi connectivity index (χ2n) is 4.34. The minimum absolute atomic E-state index is 0.448. The van der Waals surface area contributed by atoms with Gasteiger partial charge in [0.15, 0.2) is 0 Å². The van der Waals surface area contributed by atoms with Crippen LogP contribution in [0.15, 0.2) is 24.3 Å². The van der Waals surface area contributed by atoms with E-state index >= 15 is 0 Å². The predicted octanol–water partition coefficient (Wildman–Crippen LogP) is 2.59. The van der Waals surface area contributed by atoms with Gasteiger partial charge in [0.2, 0.25) is 0 Å². The first-order valence-corrected chi connectivity index (χ1v) is 5.68. The molecule has 3 N–H and O–H groups in total. The van der Waals surface area contributed by atoms with Crippen molar-refractivity contribution in [2.45, 2.75) is 25.3 Å². The van der Waals surface area contributed by atoms with Crippen LogP contribution in [0.5, 0.6) is 0 Å². The number of hydrogen-bond acceptors (Lipinski definition) is 2. The quantitative estimate of drug-likeness (QED) is 0.852. The lowest BCUT2D eigenvalue weighted by molar-refractivity contribution is -0.156. The molecule has 1 aromatic rings. The molecule has 0 saturated heterocycles. The van der Waals surface area contributed by atoms with E-state index in [1.807, 2.05) is 0 Å². The van der Waals surface area contributed by atoms with Crippen LogP contribution in [0, 0.1) is 5.41 Å². The van der Waals surface area contributed by atoms with E-state index in [0.29, 0.717) is 17.9 Å². The standard InChI is InChI=1S/C12H14ClNO2/c13-9-4-2-8(3-5-9)10(14)12(11(15)16)6-1-7-12/h2-5,10H,1,6-7,14H2,(H,15,16). The number of benzene rings is 1. The molecule has 0 aromatic heterocycles. The highest BCUT2D eigenvalue weighted by atomic mass is 35.5. The predicted molar refractivity (Wildman–Crippen MR) is 62.3 cm³/mol. The molecule has 1 atom stereocenters. The summed E-state index contributed by atoms with van der Waals surface area (Å²) in [5, 5.41) is 9.90. The third-order valence-corrected chi connectivity index (χ3v) is 3.75. The topological polar surface area (TPSA) is 63.3 Å². The van der Waals surface area contributed by atoms with Crippen molar-refractivity contribution in [3.63, 3.8) is 0 Å². The summed E-state index contributed by atoms with van der Waals surface area (Å²) in [4.78, 5) is 11.3. The summed E-state index contributed by atoms with van der Waals surface area (Å²) in [6.07, 6.45) is 2.26. The third-order valence-electron chi connectivity index (χ3n) is 3.50. The van der Waals surface area contributed by atoms with Crippen LogP contribution in [0.3, 0.4) is 0 Å². The smallest absolute Gasteiger partial charge is 0.311 e. The normalized spacial score (nSPS) is 19.9. The van der Waals surface area contributed by atoms with Gasteiger partial charge in [-0.2, -0.15) is 0 Å². The molecule has 1 saturated carbocycles. The molecule has 0 spiro atoms. The Morgan fingerprint density at radius 1 is 1.38 bits per heavy atom. The Labute approximate surface area is 99.2 Å². The van der Waals surface area contributed by atoms with Gasteiger partial charge in [-0.3, -0.25) is 4.79 Å². The Bertz CT molecular complexity index is 398. The van der Waals surface area contributed by atoms with Crippen molar-refractivity contribution in [3.8, 4) is 0 Å². The number of nitrogens with two attached hydrogens (primary N) is 1. The molecule has 1 fully saturated rings. The Morgan fingerprint density at radius 2 is 1.94 bits per heavy atom. The van der Waals surface area contributed by atoms with E-state index < -0.39 is 17.4 Å². The molecule has 0 heterocycles. The van der Waals surface area contributed by atoms with Gasteiger partial charge in [-0.25, -0.2) is 0 Å². The number of rotatable bonds is 3. The van der Waals surface area contributed by atoms with Crippen molar-refractivity contribution < 1.29 is 9.90 Å². The van der Waals surface area contributed by atoms with Gasteiger partial charge in [-0.05, 0) is 30.5 Å². The molecule has 1 unspecified atom stereocenters. The average molecular weight is 240 g/mol. The van der Waals surface area contributed by atoms with Crippen molar-refractivity contribution in [2.75, 3.05) is 0 Å². The minimum Gasteiger partial charge on any atom is -0.481 e. The summed E-state index contributed by atoms with van der Waals surface area (Å²) in [7, 11) is 0. The number of aliphatic carboxylic acids is 1. The van der Waals surface area contributed by atoms with Gasteiger partial charge in [-0.1, -0.05) is 30.2 Å².